The van der Waals surface area contributed by atoms with Crippen molar-refractivity contribution in [3.05, 3.63) is 253 Å². The quantitative estimate of drug-likeness (QED) is 0.0178. The number of fused-ring (bicyclic) bond motifs is 4. The van der Waals surface area contributed by atoms with Crippen LogP contribution in [0.1, 0.15) is 107 Å². The molecule has 130 heavy (non-hydrogen) atoms. The van der Waals surface area contributed by atoms with Crippen molar-refractivity contribution in [2.24, 2.45) is 7.05 Å². The molecule has 0 bridgehead atoms. The normalized spacial score (nSPS) is 12.5. The first-order valence-corrected chi connectivity index (χ1v) is 42.6. The van der Waals surface area contributed by atoms with Gasteiger partial charge in [-0.05, 0) is 191 Å². The van der Waals surface area contributed by atoms with Gasteiger partial charge in [0.1, 0.15) is 34.3 Å². The molecular formula is C97H96ClFN24O7. The second-order valence-corrected chi connectivity index (χ2v) is 32.4. The Morgan fingerprint density at radius 2 is 1.04 bits per heavy atom. The lowest BCUT2D eigenvalue weighted by atomic mass is 9.86. The lowest BCUT2D eigenvalue weighted by molar-refractivity contribution is 0.0735. The molecule has 1 saturated carbocycles. The summed E-state index contributed by atoms with van der Waals surface area (Å²) in [6.07, 6.45) is 24.2. The van der Waals surface area contributed by atoms with E-state index in [1.54, 1.807) is 121 Å². The van der Waals surface area contributed by atoms with Crippen LogP contribution in [0.4, 0.5) is 50.9 Å². The fourth-order valence-corrected chi connectivity index (χ4v) is 14.4. The van der Waals surface area contributed by atoms with E-state index in [0.29, 0.717) is 130 Å². The van der Waals surface area contributed by atoms with E-state index in [1.165, 1.54) is 22.3 Å². The van der Waals surface area contributed by atoms with Crippen LogP contribution in [0.15, 0.2) is 213 Å². The number of benzene rings is 4. The summed E-state index contributed by atoms with van der Waals surface area (Å²) in [6, 6.07) is 51.5. The zero-order chi connectivity index (χ0) is 91.1. The molecule has 16 aromatic rings. The van der Waals surface area contributed by atoms with E-state index in [9.17, 15) is 23.6 Å². The molecule has 2 aliphatic rings. The van der Waals surface area contributed by atoms with Crippen LogP contribution < -0.4 is 30.7 Å². The SMILES string of the molecule is C#CC(C)(C)c1ccnc(-c2ccnc(Nc3ccc4cc(C(=O)N(C)C)[nH]c4c3)n2)c1.CCCCOc1ccnc(-c2ccnc(Nc3ccc4cc(C(=O)N(C)C)n(C)c4c3)n2)c1.CN(C)C(=O)c1cc2cc(Nc3nccc(-c4cccc(F)n4)n3)cc(Cl)c2[nH]1.O=C(c1cc2cc(Nc3nccc(-c4cc(OC5CCC5)ccn4)n3)ccc2[nH]1)N1CCCOCC1. The molecule has 13 heterocycles. The highest BCUT2D eigenvalue weighted by Gasteiger charge is 2.25. The minimum Gasteiger partial charge on any atom is -0.493 e. The van der Waals surface area contributed by atoms with Gasteiger partial charge in [0, 0.05) is 180 Å². The summed E-state index contributed by atoms with van der Waals surface area (Å²) in [6.45, 7) is 9.39. The Hall–Kier alpha value is -15.6. The van der Waals surface area contributed by atoms with E-state index in [4.69, 9.17) is 32.2 Å². The fourth-order valence-electron chi connectivity index (χ4n) is 14.1. The first-order chi connectivity index (χ1) is 62.8. The second-order valence-electron chi connectivity index (χ2n) is 32.0. The number of anilines is 8. The van der Waals surface area contributed by atoms with Crippen molar-refractivity contribution in [1.29, 1.82) is 0 Å². The average Bonchev–Trinajstić information content (AvgIpc) is 1.64. The number of rotatable bonds is 23. The number of carbonyl (C=O) groups excluding carboxylic acids is 4. The number of amides is 4. The number of hydrogen-bond acceptors (Lipinski definition) is 23. The lowest BCUT2D eigenvalue weighted by Gasteiger charge is -2.26. The van der Waals surface area contributed by atoms with E-state index in [0.717, 1.165) is 121 Å². The summed E-state index contributed by atoms with van der Waals surface area (Å²) in [5.74, 6) is 5.25. The first kappa shape index (κ1) is 89.2. The number of pyridine rings is 4. The molecule has 4 aromatic carbocycles. The van der Waals surface area contributed by atoms with Gasteiger partial charge >= 0.3 is 0 Å². The van der Waals surface area contributed by atoms with Gasteiger partial charge in [0.25, 0.3) is 23.6 Å². The number of terminal acetylenes is 1. The van der Waals surface area contributed by atoms with Crippen LogP contribution in [0.2, 0.25) is 5.02 Å². The standard InChI is InChI=1S/C27H28N6O3.C25H28N6O2.C25H24N6O.C20H16ClFN6O/c34-26(33-11-2-13-35-14-12-33)25-16-18-15-19(5-6-22(18)31-25)30-27-29-10-8-23(32-27)24-17-21(7-9-28-24)36-20-3-1-4-20;1-5-6-13-33-19-9-11-26-21(16-19)20-10-12-27-25(29-20)28-18-8-7-17-14-23(24(32)30(2)3)31(4)22(17)15-18;1-6-25(2,3)17-9-11-26-21(14-17)19-10-12-27-24(30-19)28-18-8-7-16-13-22(23(32)31(4)5)29-20(16)15-18;1-28(2)19(29)16-9-11-8-12(10-13(21)18(11)26-16)24-20-23-7-6-15(27-20)14-4-3-5-17(22)25-14/h5-10,15-17,20,31H,1-4,11-14H2,(H,29,30,32);7-12,14-16H,5-6,13H2,1-4H3,(H,27,28,29);1,7-15,29H,2-5H3,(H,27,28,30);3-10,26H,1-2H3,(H,23,24,27). The maximum atomic E-state index is 13.4. The van der Waals surface area contributed by atoms with Crippen LogP contribution in [0.5, 0.6) is 11.5 Å². The van der Waals surface area contributed by atoms with Gasteiger partial charge < -0.3 is 74.6 Å². The van der Waals surface area contributed by atoms with Gasteiger partial charge in [-0.15, -0.1) is 6.42 Å². The number of aromatic nitrogens is 16. The van der Waals surface area contributed by atoms with Gasteiger partial charge in [-0.1, -0.05) is 49.1 Å². The van der Waals surface area contributed by atoms with Crippen LogP contribution in [-0.2, 0) is 17.2 Å². The van der Waals surface area contributed by atoms with Crippen LogP contribution in [0, 0.1) is 18.3 Å². The second kappa shape index (κ2) is 40.4. The minimum absolute atomic E-state index is 0.00161. The number of aromatic amines is 3. The molecule has 660 valence electrons. The zero-order valence-corrected chi connectivity index (χ0v) is 74.1. The molecule has 1 saturated heterocycles. The Morgan fingerprint density at radius 3 is 1.65 bits per heavy atom. The monoisotopic (exact) mass is 1760 g/mol. The minimum atomic E-state index is -0.580. The number of H-pyrrole nitrogens is 3. The van der Waals surface area contributed by atoms with Crippen molar-refractivity contribution in [3.63, 3.8) is 0 Å². The third-order valence-electron chi connectivity index (χ3n) is 21.4. The lowest BCUT2D eigenvalue weighted by Crippen LogP contribution is -2.33. The van der Waals surface area contributed by atoms with Gasteiger partial charge in [0.15, 0.2) is 0 Å². The molecule has 33 heteroatoms. The number of unbranched alkanes of at least 4 members (excludes halogenated alkanes) is 1. The Balaban J connectivity index is 0.000000133. The first-order valence-electron chi connectivity index (χ1n) is 42.2. The number of halogens is 2. The van der Waals surface area contributed by atoms with Crippen molar-refractivity contribution in [2.75, 3.05) is 96.5 Å². The molecular weight excluding hydrogens is 1670 g/mol. The van der Waals surface area contributed by atoms with Gasteiger partial charge in [0.05, 0.1) is 86.3 Å². The van der Waals surface area contributed by atoms with E-state index in [-0.39, 0.29) is 23.6 Å². The summed E-state index contributed by atoms with van der Waals surface area (Å²) in [4.78, 5) is 118. The van der Waals surface area contributed by atoms with Crippen LogP contribution in [0.25, 0.3) is 89.2 Å². The molecule has 7 N–H and O–H groups in total. The molecule has 4 amide bonds. The number of nitrogens with one attached hydrogen (secondary N) is 7. The summed E-state index contributed by atoms with van der Waals surface area (Å²) < 4.78 is 32.6. The van der Waals surface area contributed by atoms with E-state index in [2.05, 4.69) is 109 Å². The average molecular weight is 1760 g/mol. The predicted molar refractivity (Wildman–Crippen MR) is 503 cm³/mol. The number of ether oxygens (including phenoxy) is 3. The summed E-state index contributed by atoms with van der Waals surface area (Å²) >= 11 is 6.38. The molecule has 31 nitrogen and oxygen atoms in total. The van der Waals surface area contributed by atoms with Gasteiger partial charge in [0.2, 0.25) is 29.7 Å². The maximum Gasteiger partial charge on any atom is 0.270 e. The van der Waals surface area contributed by atoms with E-state index < -0.39 is 11.4 Å². The number of hydrogen-bond donors (Lipinski definition) is 7. The molecule has 18 rings (SSSR count). The van der Waals surface area contributed by atoms with Crippen molar-refractivity contribution < 1.29 is 37.8 Å². The topological polar surface area (TPSA) is 364 Å². The van der Waals surface area contributed by atoms with Gasteiger partial charge in [-0.2, -0.15) is 4.39 Å². The molecule has 12 aromatic heterocycles. The number of carbonyl (C=O) groups is 4. The predicted octanol–water partition coefficient (Wildman–Crippen LogP) is 17.8. The highest BCUT2D eigenvalue weighted by atomic mass is 35.5. The van der Waals surface area contributed by atoms with Crippen molar-refractivity contribution >= 4 is 125 Å². The summed E-state index contributed by atoms with van der Waals surface area (Å²) in [5, 5.41) is 17.0. The summed E-state index contributed by atoms with van der Waals surface area (Å²) in [7, 11) is 12.2. The van der Waals surface area contributed by atoms with Gasteiger partial charge in [-0.25, -0.2) is 44.9 Å². The summed E-state index contributed by atoms with van der Waals surface area (Å²) in [5.41, 5.74) is 14.4. The third-order valence-corrected chi connectivity index (χ3v) is 21.7. The Morgan fingerprint density at radius 1 is 0.515 bits per heavy atom. The smallest absolute Gasteiger partial charge is 0.270 e. The largest absolute Gasteiger partial charge is 0.493 e. The molecule has 0 unspecified atom stereocenters. The fraction of sp³-hybridized carbons (Fsp3) is 0.237. The molecule has 0 radical (unpaired) electrons. The number of nitrogens with zero attached hydrogens (tertiary/aromatic N) is 17. The zero-order valence-electron chi connectivity index (χ0n) is 73.4. The van der Waals surface area contributed by atoms with E-state index in [1.807, 2.05) is 164 Å². The van der Waals surface area contributed by atoms with Crippen molar-refractivity contribution in [2.45, 2.75) is 70.8 Å². The molecule has 0 spiro atoms. The van der Waals surface area contributed by atoms with Crippen LogP contribution >= 0.6 is 11.6 Å². The molecule has 1 aliphatic carbocycles. The van der Waals surface area contributed by atoms with Gasteiger partial charge in [-0.3, -0.25) is 34.1 Å². The highest BCUT2D eigenvalue weighted by Crippen LogP contribution is 2.35. The third kappa shape index (κ3) is 21.9. The van der Waals surface area contributed by atoms with Crippen LogP contribution in [-0.4, -0.2) is 204 Å². The maximum absolute atomic E-state index is 13.4. The molecule has 0 atom stereocenters. The van der Waals surface area contributed by atoms with Crippen molar-refractivity contribution in [1.82, 2.24) is 98.9 Å². The Kier molecular flexibility index (Phi) is 27.7. The molecule has 1 aliphatic heterocycles. The highest BCUT2D eigenvalue weighted by molar-refractivity contribution is 6.35. The van der Waals surface area contributed by atoms with Crippen LogP contribution in [0.3, 0.4) is 0 Å². The Bertz CT molecular complexity index is 6850. The number of aryl methyl sites for hydroxylation is 1. The van der Waals surface area contributed by atoms with Crippen molar-refractivity contribution in [3.8, 4) is 69.4 Å². The molecule has 2 fully saturated rings. The van der Waals surface area contributed by atoms with E-state index >= 15 is 0 Å². The Labute approximate surface area is 754 Å².